The molecule has 9 rings (SSSR count). The van der Waals surface area contributed by atoms with Crippen LogP contribution in [0.4, 0.5) is 51.2 Å². The number of hydrogen-bond donors (Lipinski definition) is 0. The van der Waals surface area contributed by atoms with Crippen molar-refractivity contribution in [2.24, 2.45) is 0 Å². The first-order valence-corrected chi connectivity index (χ1v) is 20.6. The van der Waals surface area contributed by atoms with Gasteiger partial charge in [-0.05, 0) is 158 Å². The first-order valence-electron chi connectivity index (χ1n) is 20.6. The zero-order valence-corrected chi connectivity index (χ0v) is 34.3. The van der Waals surface area contributed by atoms with Gasteiger partial charge in [0.1, 0.15) is 0 Å². The van der Waals surface area contributed by atoms with Crippen molar-refractivity contribution in [3.05, 3.63) is 247 Å². The Bertz CT molecular complexity index is 2600. The molecule has 0 aliphatic rings. The van der Waals surface area contributed by atoms with E-state index in [-0.39, 0.29) is 0 Å². The zero-order chi connectivity index (χ0) is 40.8. The maximum absolute atomic E-state index is 2.34. The highest BCUT2D eigenvalue weighted by Gasteiger charge is 2.16. The molecular weight excluding hydrogens is 727 g/mol. The predicted octanol–water partition coefficient (Wildman–Crippen LogP) is 16.4. The Balaban J connectivity index is 0.981. The van der Waals surface area contributed by atoms with Gasteiger partial charge in [-0.2, -0.15) is 0 Å². The van der Waals surface area contributed by atoms with Crippen LogP contribution in [0.15, 0.2) is 231 Å². The highest BCUT2D eigenvalue weighted by molar-refractivity contribution is 5.83. The fourth-order valence-electron chi connectivity index (χ4n) is 7.86. The van der Waals surface area contributed by atoms with E-state index in [1.807, 2.05) is 0 Å². The molecule has 60 heavy (non-hydrogen) atoms. The second-order valence-electron chi connectivity index (χ2n) is 15.4. The number of para-hydroxylation sites is 2. The predicted molar refractivity (Wildman–Crippen MR) is 256 cm³/mol. The van der Waals surface area contributed by atoms with Crippen molar-refractivity contribution in [3.63, 3.8) is 0 Å². The number of hydrogen-bond acceptors (Lipinski definition) is 3. The molecule has 0 heterocycles. The zero-order valence-electron chi connectivity index (χ0n) is 34.3. The van der Waals surface area contributed by atoms with E-state index in [1.165, 1.54) is 38.9 Å². The van der Waals surface area contributed by atoms with Crippen LogP contribution in [0.2, 0.25) is 0 Å². The standard InChI is InChI=1S/C57H47N3/c1-42-17-29-51(30-18-42)58(49-12-6-4-7-13-49)53-33-21-45(22-34-53)47-25-37-55(38-26-47)60(57-16-10-11-44(3)41-57)56-39-27-48(28-40-56)46-23-35-54(36-24-46)59(50-14-8-5-9-15-50)52-31-19-43(2)20-32-52/h4-41H,1-3H3. The summed E-state index contributed by atoms with van der Waals surface area (Å²) < 4.78 is 0. The molecular formula is C57H47N3. The first-order chi connectivity index (χ1) is 29.5. The number of aryl methyl sites for hydroxylation is 3. The van der Waals surface area contributed by atoms with E-state index in [2.05, 4.69) is 266 Å². The first kappa shape index (κ1) is 37.9. The summed E-state index contributed by atoms with van der Waals surface area (Å²) in [4.78, 5) is 6.95. The molecule has 3 heteroatoms. The maximum Gasteiger partial charge on any atom is 0.0464 e. The molecule has 0 fully saturated rings. The van der Waals surface area contributed by atoms with Crippen molar-refractivity contribution in [1.29, 1.82) is 0 Å². The Morgan fingerprint density at radius 2 is 0.450 bits per heavy atom. The van der Waals surface area contributed by atoms with Crippen molar-refractivity contribution in [2.75, 3.05) is 14.7 Å². The maximum atomic E-state index is 2.34. The van der Waals surface area contributed by atoms with E-state index in [4.69, 9.17) is 0 Å². The van der Waals surface area contributed by atoms with Crippen LogP contribution in [0.5, 0.6) is 0 Å². The second kappa shape index (κ2) is 17.1. The van der Waals surface area contributed by atoms with Crippen molar-refractivity contribution in [1.82, 2.24) is 0 Å². The summed E-state index contributed by atoms with van der Waals surface area (Å²) in [5.74, 6) is 0. The lowest BCUT2D eigenvalue weighted by Gasteiger charge is -2.27. The molecule has 0 spiro atoms. The van der Waals surface area contributed by atoms with Crippen molar-refractivity contribution in [3.8, 4) is 22.3 Å². The van der Waals surface area contributed by atoms with Gasteiger partial charge in [0.2, 0.25) is 0 Å². The van der Waals surface area contributed by atoms with Crippen LogP contribution in [0, 0.1) is 20.8 Å². The minimum absolute atomic E-state index is 1.10. The Kier molecular flexibility index (Phi) is 10.8. The van der Waals surface area contributed by atoms with E-state index >= 15 is 0 Å². The summed E-state index contributed by atoms with van der Waals surface area (Å²) in [6, 6.07) is 82.8. The number of nitrogens with zero attached hydrogens (tertiary/aromatic N) is 3. The highest BCUT2D eigenvalue weighted by Crippen LogP contribution is 2.40. The van der Waals surface area contributed by atoms with Gasteiger partial charge >= 0.3 is 0 Å². The molecule has 290 valence electrons. The second-order valence-corrected chi connectivity index (χ2v) is 15.4. The molecule has 0 amide bonds. The third-order valence-corrected chi connectivity index (χ3v) is 11.0. The van der Waals surface area contributed by atoms with Gasteiger partial charge < -0.3 is 14.7 Å². The smallest absolute Gasteiger partial charge is 0.0464 e. The van der Waals surface area contributed by atoms with Gasteiger partial charge in [0.25, 0.3) is 0 Å². The molecule has 9 aromatic rings. The normalized spacial score (nSPS) is 10.9. The van der Waals surface area contributed by atoms with Crippen LogP contribution < -0.4 is 14.7 Å². The van der Waals surface area contributed by atoms with Gasteiger partial charge in [-0.15, -0.1) is 0 Å². The van der Waals surface area contributed by atoms with Gasteiger partial charge in [0.05, 0.1) is 0 Å². The van der Waals surface area contributed by atoms with Crippen LogP contribution in [0.1, 0.15) is 16.7 Å². The monoisotopic (exact) mass is 773 g/mol. The van der Waals surface area contributed by atoms with Gasteiger partial charge in [-0.1, -0.05) is 132 Å². The summed E-state index contributed by atoms with van der Waals surface area (Å²) >= 11 is 0. The van der Waals surface area contributed by atoms with Crippen molar-refractivity contribution < 1.29 is 0 Å². The summed E-state index contributed by atoms with van der Waals surface area (Å²) in [6.45, 7) is 6.40. The Morgan fingerprint density at radius 3 is 0.750 bits per heavy atom. The molecule has 0 radical (unpaired) electrons. The molecule has 0 aliphatic carbocycles. The third-order valence-electron chi connectivity index (χ3n) is 11.0. The molecule has 0 unspecified atom stereocenters. The van der Waals surface area contributed by atoms with Gasteiger partial charge in [-0.25, -0.2) is 0 Å². The number of rotatable bonds is 11. The lowest BCUT2D eigenvalue weighted by Crippen LogP contribution is -2.10. The van der Waals surface area contributed by atoms with Gasteiger partial charge in [0.15, 0.2) is 0 Å². The number of anilines is 9. The molecule has 0 saturated heterocycles. The van der Waals surface area contributed by atoms with Crippen LogP contribution in [-0.4, -0.2) is 0 Å². The topological polar surface area (TPSA) is 9.72 Å². The van der Waals surface area contributed by atoms with Gasteiger partial charge in [-0.3, -0.25) is 0 Å². The largest absolute Gasteiger partial charge is 0.311 e. The fraction of sp³-hybridized carbons (Fsp3) is 0.0526. The Morgan fingerprint density at radius 1 is 0.200 bits per heavy atom. The van der Waals surface area contributed by atoms with Crippen LogP contribution in [0.3, 0.4) is 0 Å². The average Bonchev–Trinajstić information content (AvgIpc) is 3.30. The molecule has 0 bridgehead atoms. The molecule has 0 aliphatic heterocycles. The van der Waals surface area contributed by atoms with Crippen LogP contribution in [0.25, 0.3) is 22.3 Å². The van der Waals surface area contributed by atoms with E-state index in [1.54, 1.807) is 0 Å². The summed E-state index contributed by atoms with van der Waals surface area (Å²) in [5, 5.41) is 0. The minimum Gasteiger partial charge on any atom is -0.311 e. The molecule has 9 aromatic carbocycles. The molecule has 0 atom stereocenters. The Hall–Kier alpha value is -7.62. The summed E-state index contributed by atoms with van der Waals surface area (Å²) in [7, 11) is 0. The average molecular weight is 774 g/mol. The molecule has 0 saturated carbocycles. The SMILES string of the molecule is Cc1ccc(N(c2ccccc2)c2ccc(-c3ccc(N(c4ccc(-c5ccc(N(c6ccccc6)c6ccc(C)cc6)cc5)cc4)c4cccc(C)c4)cc3)cc2)cc1. The summed E-state index contributed by atoms with van der Waals surface area (Å²) in [5.41, 5.74) is 18.5. The van der Waals surface area contributed by atoms with Crippen LogP contribution in [-0.2, 0) is 0 Å². The lowest BCUT2D eigenvalue weighted by molar-refractivity contribution is 1.27. The Labute approximate surface area is 354 Å². The van der Waals surface area contributed by atoms with Gasteiger partial charge in [0, 0.05) is 51.2 Å². The minimum atomic E-state index is 1.10. The van der Waals surface area contributed by atoms with Crippen molar-refractivity contribution in [2.45, 2.75) is 20.8 Å². The quantitative estimate of drug-likeness (QED) is 0.130. The molecule has 0 N–H and O–H groups in total. The highest BCUT2D eigenvalue weighted by atomic mass is 15.2. The van der Waals surface area contributed by atoms with E-state index in [0.29, 0.717) is 0 Å². The van der Waals surface area contributed by atoms with E-state index < -0.39 is 0 Å². The van der Waals surface area contributed by atoms with Crippen molar-refractivity contribution >= 4 is 51.2 Å². The third kappa shape index (κ3) is 8.20. The lowest BCUT2D eigenvalue weighted by atomic mass is 10.0. The van der Waals surface area contributed by atoms with E-state index in [9.17, 15) is 0 Å². The molecule has 0 aromatic heterocycles. The summed E-state index contributed by atoms with van der Waals surface area (Å²) in [6.07, 6.45) is 0. The van der Waals surface area contributed by atoms with Crippen LogP contribution >= 0.6 is 0 Å². The fourth-order valence-corrected chi connectivity index (χ4v) is 7.86. The van der Waals surface area contributed by atoms with E-state index in [0.717, 1.165) is 51.2 Å². The number of benzene rings is 9. The molecule has 3 nitrogen and oxygen atoms in total.